The number of nitrogens with one attached hydrogen (secondary N) is 1. The summed E-state index contributed by atoms with van der Waals surface area (Å²) in [5.74, 6) is -0.453. The number of hydrogen-bond acceptors (Lipinski definition) is 4. The average Bonchev–Trinajstić information content (AvgIpc) is 3.27. The molecule has 1 fully saturated rings. The zero-order valence-corrected chi connectivity index (χ0v) is 17.3. The van der Waals surface area contributed by atoms with Crippen LogP contribution in [0.2, 0.25) is 0 Å². The predicted octanol–water partition coefficient (Wildman–Crippen LogP) is 3.40. The number of hydrogen-bond donors (Lipinski definition) is 1. The third-order valence-electron chi connectivity index (χ3n) is 5.90. The van der Waals surface area contributed by atoms with Crippen molar-refractivity contribution in [1.29, 1.82) is 0 Å². The van der Waals surface area contributed by atoms with Gasteiger partial charge in [-0.3, -0.25) is 19.4 Å². The van der Waals surface area contributed by atoms with E-state index in [1.54, 1.807) is 17.2 Å². The summed E-state index contributed by atoms with van der Waals surface area (Å²) in [5, 5.41) is 5.61. The van der Waals surface area contributed by atoms with Crippen molar-refractivity contribution >= 4 is 39.3 Å². The molecule has 0 radical (unpaired) electrons. The van der Waals surface area contributed by atoms with E-state index in [0.717, 1.165) is 33.7 Å². The van der Waals surface area contributed by atoms with E-state index in [4.69, 9.17) is 0 Å². The number of benzene rings is 2. The summed E-state index contributed by atoms with van der Waals surface area (Å²) in [6.07, 6.45) is 3.56. The van der Waals surface area contributed by atoms with Gasteiger partial charge < -0.3 is 10.2 Å². The Morgan fingerprint density at radius 1 is 1.13 bits per heavy atom. The van der Waals surface area contributed by atoms with Gasteiger partial charge in [0.25, 0.3) is 5.91 Å². The first-order valence-corrected chi connectivity index (χ1v) is 10.4. The van der Waals surface area contributed by atoms with Gasteiger partial charge in [-0.05, 0) is 42.8 Å². The molecule has 6 heteroatoms. The Kier molecular flexibility index (Phi) is 5.48. The highest BCUT2D eigenvalue weighted by Crippen LogP contribution is 2.29. The summed E-state index contributed by atoms with van der Waals surface area (Å²) in [6, 6.07) is 11.3. The van der Waals surface area contributed by atoms with Crippen LogP contribution in [0.4, 0.5) is 0 Å². The minimum Gasteiger partial charge on any atom is -0.343 e. The van der Waals surface area contributed by atoms with Gasteiger partial charge in [0.1, 0.15) is 0 Å². The van der Waals surface area contributed by atoms with E-state index in [0.29, 0.717) is 24.9 Å². The highest BCUT2D eigenvalue weighted by Gasteiger charge is 2.32. The molecule has 0 bridgehead atoms. The summed E-state index contributed by atoms with van der Waals surface area (Å²) in [4.78, 5) is 43.8. The Hall–Kier alpha value is -3.28. The molecule has 0 aliphatic carbocycles. The van der Waals surface area contributed by atoms with Crippen molar-refractivity contribution in [3.8, 4) is 0 Å². The smallest absolute Gasteiger partial charge is 0.252 e. The highest BCUT2D eigenvalue weighted by atomic mass is 16.2. The molecule has 1 aromatic heterocycles. The van der Waals surface area contributed by atoms with Crippen molar-refractivity contribution < 1.29 is 14.4 Å². The van der Waals surface area contributed by atoms with E-state index in [2.05, 4.69) is 10.3 Å². The van der Waals surface area contributed by atoms with Gasteiger partial charge in [-0.25, -0.2) is 0 Å². The molecule has 1 saturated heterocycles. The quantitative estimate of drug-likeness (QED) is 0.662. The van der Waals surface area contributed by atoms with Crippen LogP contribution in [0.25, 0.3) is 21.7 Å². The number of Topliss-reactive ketones (excluding diaryl/α,β-unsaturated/α-hetero) is 1. The molecule has 0 saturated carbocycles. The summed E-state index contributed by atoms with van der Waals surface area (Å²) in [6.45, 7) is 4.26. The van der Waals surface area contributed by atoms with E-state index in [9.17, 15) is 14.4 Å². The van der Waals surface area contributed by atoms with Crippen molar-refractivity contribution in [2.75, 3.05) is 13.1 Å². The highest BCUT2D eigenvalue weighted by molar-refractivity contribution is 6.14. The molecule has 3 aromatic rings. The Bertz CT molecular complexity index is 1160. The lowest BCUT2D eigenvalue weighted by atomic mass is 9.98. The largest absolute Gasteiger partial charge is 0.343 e. The molecule has 1 unspecified atom stereocenters. The standard InChI is InChI=1S/C24H25N3O3/c1-3-21(28)20-9-6-12-27(20)22(29)14-26-24(30)18-10-11-25-23-17-8-5-4-7-16(17)15(2)13-19(18)23/h4-5,7-8,10-11,13,20H,3,6,9,12,14H2,1-2H3,(H,26,30). The molecule has 1 aliphatic heterocycles. The maximum absolute atomic E-state index is 12.9. The van der Waals surface area contributed by atoms with E-state index in [1.807, 2.05) is 44.2 Å². The lowest BCUT2D eigenvalue weighted by Crippen LogP contribution is -2.45. The van der Waals surface area contributed by atoms with Gasteiger partial charge in [0.05, 0.1) is 23.7 Å². The lowest BCUT2D eigenvalue weighted by molar-refractivity contribution is -0.136. The third-order valence-corrected chi connectivity index (χ3v) is 5.90. The number of aromatic nitrogens is 1. The second-order valence-corrected chi connectivity index (χ2v) is 7.74. The van der Waals surface area contributed by atoms with Crippen LogP contribution in [0, 0.1) is 6.92 Å². The van der Waals surface area contributed by atoms with Gasteiger partial charge in [-0.15, -0.1) is 0 Å². The molecule has 30 heavy (non-hydrogen) atoms. The van der Waals surface area contributed by atoms with Gasteiger partial charge in [0.15, 0.2) is 5.78 Å². The number of aryl methyl sites for hydroxylation is 1. The molecule has 0 spiro atoms. The predicted molar refractivity (Wildman–Crippen MR) is 116 cm³/mol. The van der Waals surface area contributed by atoms with E-state index < -0.39 is 0 Å². The molecule has 6 nitrogen and oxygen atoms in total. The van der Waals surface area contributed by atoms with Crippen LogP contribution < -0.4 is 5.32 Å². The monoisotopic (exact) mass is 403 g/mol. The number of fused-ring (bicyclic) bond motifs is 3. The molecule has 1 atom stereocenters. The number of rotatable bonds is 5. The summed E-state index contributed by atoms with van der Waals surface area (Å²) in [7, 11) is 0. The first-order chi connectivity index (χ1) is 14.5. The van der Waals surface area contributed by atoms with Crippen molar-refractivity contribution in [3.63, 3.8) is 0 Å². The summed E-state index contributed by atoms with van der Waals surface area (Å²) >= 11 is 0. The molecule has 154 valence electrons. The second kappa shape index (κ2) is 8.22. The zero-order chi connectivity index (χ0) is 21.3. The van der Waals surface area contributed by atoms with Gasteiger partial charge in [-0.1, -0.05) is 31.2 Å². The number of carbonyl (C=O) groups excluding carboxylic acids is 3. The normalized spacial score (nSPS) is 16.2. The average molecular weight is 403 g/mol. The Morgan fingerprint density at radius 3 is 2.67 bits per heavy atom. The van der Waals surface area contributed by atoms with Crippen molar-refractivity contribution in [3.05, 3.63) is 53.7 Å². The molecule has 2 aromatic carbocycles. The summed E-state index contributed by atoms with van der Waals surface area (Å²) < 4.78 is 0. The molecular weight excluding hydrogens is 378 g/mol. The number of pyridine rings is 1. The number of likely N-dealkylation sites (tertiary alicyclic amines) is 1. The van der Waals surface area contributed by atoms with Crippen LogP contribution in [0.3, 0.4) is 0 Å². The third kappa shape index (κ3) is 3.54. The van der Waals surface area contributed by atoms with Crippen LogP contribution in [0.1, 0.15) is 42.1 Å². The van der Waals surface area contributed by atoms with Gasteiger partial charge in [-0.2, -0.15) is 0 Å². The zero-order valence-electron chi connectivity index (χ0n) is 17.3. The minimum absolute atomic E-state index is 0.0784. The van der Waals surface area contributed by atoms with Gasteiger partial charge in [0, 0.05) is 29.9 Å². The van der Waals surface area contributed by atoms with E-state index >= 15 is 0 Å². The first kappa shape index (κ1) is 20.0. The fourth-order valence-electron chi connectivity index (χ4n) is 4.35. The summed E-state index contributed by atoms with van der Waals surface area (Å²) in [5.41, 5.74) is 2.32. The number of amides is 2. The van der Waals surface area contributed by atoms with Crippen molar-refractivity contribution in [2.45, 2.75) is 39.2 Å². The van der Waals surface area contributed by atoms with Gasteiger partial charge in [0.2, 0.25) is 5.91 Å². The molecule has 2 heterocycles. The van der Waals surface area contributed by atoms with Crippen LogP contribution in [-0.2, 0) is 9.59 Å². The fraction of sp³-hybridized carbons (Fsp3) is 0.333. The Balaban J connectivity index is 1.57. The lowest BCUT2D eigenvalue weighted by Gasteiger charge is -2.23. The topological polar surface area (TPSA) is 79.4 Å². The maximum atomic E-state index is 12.9. The maximum Gasteiger partial charge on any atom is 0.252 e. The molecular formula is C24H25N3O3. The van der Waals surface area contributed by atoms with Crippen LogP contribution in [0.15, 0.2) is 42.6 Å². The Labute approximate surface area is 175 Å². The number of carbonyl (C=O) groups is 3. The molecule has 4 rings (SSSR count). The first-order valence-electron chi connectivity index (χ1n) is 10.4. The van der Waals surface area contributed by atoms with E-state index in [-0.39, 0.29) is 30.2 Å². The minimum atomic E-state index is -0.352. The van der Waals surface area contributed by atoms with Gasteiger partial charge >= 0.3 is 0 Å². The number of nitrogens with zero attached hydrogens (tertiary/aromatic N) is 2. The fourth-order valence-corrected chi connectivity index (χ4v) is 4.35. The van der Waals surface area contributed by atoms with Crippen molar-refractivity contribution in [2.24, 2.45) is 0 Å². The second-order valence-electron chi connectivity index (χ2n) is 7.74. The molecule has 2 amide bonds. The molecule has 1 aliphatic rings. The SMILES string of the molecule is CCC(=O)C1CCCN1C(=O)CNC(=O)c1ccnc2c1cc(C)c1ccccc12. The molecule has 1 N–H and O–H groups in total. The number of ketones is 1. The van der Waals surface area contributed by atoms with E-state index in [1.165, 1.54) is 0 Å². The Morgan fingerprint density at radius 2 is 1.90 bits per heavy atom. The van der Waals surface area contributed by atoms with Crippen LogP contribution in [-0.4, -0.2) is 46.6 Å². The van der Waals surface area contributed by atoms with Crippen LogP contribution in [0.5, 0.6) is 0 Å². The van der Waals surface area contributed by atoms with Crippen LogP contribution >= 0.6 is 0 Å². The van der Waals surface area contributed by atoms with Crippen molar-refractivity contribution in [1.82, 2.24) is 15.2 Å².